The lowest BCUT2D eigenvalue weighted by Crippen LogP contribution is -2.40. The quantitative estimate of drug-likeness (QED) is 0.662. The van der Waals surface area contributed by atoms with Crippen molar-refractivity contribution in [1.82, 2.24) is 9.21 Å². The van der Waals surface area contributed by atoms with E-state index in [0.717, 1.165) is 18.4 Å². The maximum atomic E-state index is 14.3. The van der Waals surface area contributed by atoms with E-state index in [4.69, 9.17) is 16.3 Å². The lowest BCUT2D eigenvalue weighted by molar-refractivity contribution is 0.0730. The molecule has 0 N–H and O–H groups in total. The van der Waals surface area contributed by atoms with Crippen molar-refractivity contribution in [3.8, 4) is 0 Å². The zero-order chi connectivity index (χ0) is 20.4. The summed E-state index contributed by atoms with van der Waals surface area (Å²) in [5.41, 5.74) is 1.37. The number of benzene rings is 2. The molecule has 0 atom stereocenters. The van der Waals surface area contributed by atoms with Gasteiger partial charge in [0.05, 0.1) is 18.1 Å². The molecule has 1 saturated carbocycles. The first-order valence-electron chi connectivity index (χ1n) is 9.79. The molecule has 156 valence electrons. The number of rotatable bonds is 7. The van der Waals surface area contributed by atoms with Crippen molar-refractivity contribution in [2.24, 2.45) is 0 Å². The van der Waals surface area contributed by atoms with Crippen molar-refractivity contribution in [2.45, 2.75) is 36.9 Å². The fourth-order valence-corrected chi connectivity index (χ4v) is 5.32. The van der Waals surface area contributed by atoms with Crippen LogP contribution in [-0.4, -0.2) is 50.0 Å². The van der Waals surface area contributed by atoms with Gasteiger partial charge in [-0.25, -0.2) is 12.8 Å². The number of sulfonamides is 1. The van der Waals surface area contributed by atoms with E-state index in [1.165, 1.54) is 10.4 Å². The average molecular weight is 439 g/mol. The van der Waals surface area contributed by atoms with Crippen molar-refractivity contribution in [1.29, 1.82) is 0 Å². The standard InChI is InChI=1S/C21H24ClFN2O3S/c22-20-5-2-6-21(23)19(20)15-24(17-7-8-17)14-16-3-1-4-18(13-16)29(26,27)25-9-11-28-12-10-25/h1-6,13,17H,7-12,14-15H2. The lowest BCUT2D eigenvalue weighted by atomic mass is 10.1. The molecule has 2 aromatic carbocycles. The van der Waals surface area contributed by atoms with Gasteiger partial charge in [0.1, 0.15) is 5.82 Å². The summed E-state index contributed by atoms with van der Waals surface area (Å²) in [7, 11) is -3.54. The molecule has 1 heterocycles. The van der Waals surface area contributed by atoms with Crippen molar-refractivity contribution >= 4 is 21.6 Å². The van der Waals surface area contributed by atoms with Crippen molar-refractivity contribution < 1.29 is 17.5 Å². The highest BCUT2D eigenvalue weighted by atomic mass is 35.5. The summed E-state index contributed by atoms with van der Waals surface area (Å²) >= 11 is 6.21. The predicted octanol–water partition coefficient (Wildman–Crippen LogP) is 3.66. The fourth-order valence-electron chi connectivity index (χ4n) is 3.62. The van der Waals surface area contributed by atoms with Crippen molar-refractivity contribution in [3.63, 3.8) is 0 Å². The molecule has 1 aliphatic carbocycles. The van der Waals surface area contributed by atoms with Gasteiger partial charge in [0.15, 0.2) is 0 Å². The summed E-state index contributed by atoms with van der Waals surface area (Å²) < 4.78 is 46.9. The maximum Gasteiger partial charge on any atom is 0.243 e. The highest BCUT2D eigenvalue weighted by Gasteiger charge is 2.31. The van der Waals surface area contributed by atoms with Gasteiger partial charge in [0.25, 0.3) is 0 Å². The summed E-state index contributed by atoms with van der Waals surface area (Å²) in [4.78, 5) is 2.46. The first kappa shape index (κ1) is 20.8. The van der Waals surface area contributed by atoms with E-state index >= 15 is 0 Å². The summed E-state index contributed by atoms with van der Waals surface area (Å²) in [5.74, 6) is -0.313. The minimum absolute atomic E-state index is 0.288. The van der Waals surface area contributed by atoms with E-state index in [1.807, 2.05) is 6.07 Å². The van der Waals surface area contributed by atoms with E-state index in [-0.39, 0.29) is 10.7 Å². The van der Waals surface area contributed by atoms with Crippen LogP contribution < -0.4 is 0 Å². The molecule has 0 aromatic heterocycles. The van der Waals surface area contributed by atoms with Crippen LogP contribution in [0.2, 0.25) is 5.02 Å². The molecule has 5 nitrogen and oxygen atoms in total. The molecule has 2 aliphatic rings. The molecule has 0 unspecified atom stereocenters. The van der Waals surface area contributed by atoms with Gasteiger partial charge in [-0.1, -0.05) is 29.8 Å². The van der Waals surface area contributed by atoms with Crippen LogP contribution in [0.15, 0.2) is 47.4 Å². The topological polar surface area (TPSA) is 49.9 Å². The number of halogens is 2. The van der Waals surface area contributed by atoms with Gasteiger partial charge in [-0.15, -0.1) is 0 Å². The van der Waals surface area contributed by atoms with Gasteiger partial charge >= 0.3 is 0 Å². The zero-order valence-electron chi connectivity index (χ0n) is 16.1. The molecule has 0 bridgehead atoms. The van der Waals surface area contributed by atoms with Crippen molar-refractivity contribution in [3.05, 3.63) is 64.4 Å². The maximum absolute atomic E-state index is 14.3. The normalized spacial score (nSPS) is 18.3. The van der Waals surface area contributed by atoms with Crippen LogP contribution >= 0.6 is 11.6 Å². The molecule has 0 spiro atoms. The predicted molar refractivity (Wildman–Crippen MR) is 110 cm³/mol. The van der Waals surface area contributed by atoms with E-state index in [0.29, 0.717) is 56.0 Å². The van der Waals surface area contributed by atoms with Gasteiger partial charge < -0.3 is 4.74 Å². The van der Waals surface area contributed by atoms with Gasteiger partial charge in [0.2, 0.25) is 10.0 Å². The van der Waals surface area contributed by atoms with Gasteiger partial charge in [-0.05, 0) is 42.7 Å². The minimum Gasteiger partial charge on any atom is -0.379 e. The fraction of sp³-hybridized carbons (Fsp3) is 0.429. The van der Waals surface area contributed by atoms with E-state index in [9.17, 15) is 12.8 Å². The molecular formula is C21H24ClFN2O3S. The number of ether oxygens (including phenoxy) is 1. The second-order valence-electron chi connectivity index (χ2n) is 7.50. The van der Waals surface area contributed by atoms with Crippen LogP contribution in [0, 0.1) is 5.82 Å². The number of nitrogens with zero attached hydrogens (tertiary/aromatic N) is 2. The third-order valence-electron chi connectivity index (χ3n) is 5.38. The van der Waals surface area contributed by atoms with Crippen LogP contribution in [0.4, 0.5) is 4.39 Å². The monoisotopic (exact) mass is 438 g/mol. The van der Waals surface area contributed by atoms with Crippen LogP contribution in [0.1, 0.15) is 24.0 Å². The number of morpholine rings is 1. The number of hydrogen-bond donors (Lipinski definition) is 0. The smallest absolute Gasteiger partial charge is 0.243 e. The van der Waals surface area contributed by atoms with E-state index < -0.39 is 10.0 Å². The van der Waals surface area contributed by atoms with E-state index in [2.05, 4.69) is 4.90 Å². The summed E-state index contributed by atoms with van der Waals surface area (Å²) in [6, 6.07) is 12.1. The van der Waals surface area contributed by atoms with Crippen LogP contribution in [0.5, 0.6) is 0 Å². The molecule has 2 fully saturated rings. The Kier molecular flexibility index (Phi) is 6.22. The molecule has 0 radical (unpaired) electrons. The third-order valence-corrected chi connectivity index (χ3v) is 7.63. The first-order valence-corrected chi connectivity index (χ1v) is 11.6. The Balaban J connectivity index is 1.54. The second-order valence-corrected chi connectivity index (χ2v) is 9.85. The Bertz CT molecular complexity index is 955. The lowest BCUT2D eigenvalue weighted by Gasteiger charge is -2.26. The highest BCUT2D eigenvalue weighted by molar-refractivity contribution is 7.89. The summed E-state index contributed by atoms with van der Waals surface area (Å²) in [6.45, 7) is 2.51. The van der Waals surface area contributed by atoms with E-state index in [1.54, 1.807) is 30.3 Å². The van der Waals surface area contributed by atoms with Gasteiger partial charge in [-0.3, -0.25) is 4.90 Å². The Morgan fingerprint density at radius 1 is 1.10 bits per heavy atom. The van der Waals surface area contributed by atoms with Crippen molar-refractivity contribution in [2.75, 3.05) is 26.3 Å². The Hall–Kier alpha value is -1.51. The highest BCUT2D eigenvalue weighted by Crippen LogP contribution is 2.32. The zero-order valence-corrected chi connectivity index (χ0v) is 17.6. The van der Waals surface area contributed by atoms with Gasteiger partial charge in [-0.2, -0.15) is 4.31 Å². The average Bonchev–Trinajstić information content (AvgIpc) is 3.56. The van der Waals surface area contributed by atoms with Gasteiger partial charge in [0, 0.05) is 42.8 Å². The molecule has 1 aliphatic heterocycles. The van der Waals surface area contributed by atoms with Crippen LogP contribution in [0.3, 0.4) is 0 Å². The molecule has 0 amide bonds. The molecule has 29 heavy (non-hydrogen) atoms. The minimum atomic E-state index is -3.54. The molecule has 4 rings (SSSR count). The largest absolute Gasteiger partial charge is 0.379 e. The second kappa shape index (κ2) is 8.70. The summed E-state index contributed by atoms with van der Waals surface area (Å²) in [6.07, 6.45) is 2.11. The van der Waals surface area contributed by atoms with Crippen LogP contribution in [-0.2, 0) is 27.8 Å². The first-order chi connectivity index (χ1) is 13.9. The van der Waals surface area contributed by atoms with Crippen LogP contribution in [0.25, 0.3) is 0 Å². The Morgan fingerprint density at radius 3 is 2.52 bits per heavy atom. The molecular weight excluding hydrogens is 415 g/mol. The molecule has 8 heteroatoms. The summed E-state index contributed by atoms with van der Waals surface area (Å²) in [5, 5.41) is 0.416. The Labute approximate surface area is 176 Å². The third kappa shape index (κ3) is 4.81. The molecule has 2 aromatic rings. The Morgan fingerprint density at radius 2 is 1.83 bits per heavy atom. The SMILES string of the molecule is O=S(=O)(c1cccc(CN(Cc2c(F)cccc2Cl)C2CC2)c1)N1CCOCC1. The number of hydrogen-bond acceptors (Lipinski definition) is 4. The molecule has 1 saturated heterocycles.